The Morgan fingerprint density at radius 3 is 3.00 bits per heavy atom. The van der Waals surface area contributed by atoms with Gasteiger partial charge < -0.3 is 0 Å². The van der Waals surface area contributed by atoms with Gasteiger partial charge in [-0.3, -0.25) is 0 Å². The van der Waals surface area contributed by atoms with Gasteiger partial charge in [-0.15, -0.1) is 0 Å². The van der Waals surface area contributed by atoms with Crippen LogP contribution in [-0.4, -0.2) is 74.6 Å². The summed E-state index contributed by atoms with van der Waals surface area (Å²) in [6, 6.07) is -0.925. The van der Waals surface area contributed by atoms with E-state index in [2.05, 4.69) is 24.8 Å². The summed E-state index contributed by atoms with van der Waals surface area (Å²) in [7, 11) is -2.90. The quantitative estimate of drug-likeness (QED) is 0.389. The topological polar surface area (TPSA) is 165 Å². The number of nitrogens with zero attached hydrogens (tertiary/aromatic N) is 4. The number of esters is 1. The van der Waals surface area contributed by atoms with Crippen LogP contribution in [0.5, 0.6) is 5.88 Å². The first kappa shape index (κ1) is 23.0. The molecule has 2 aliphatic rings. The summed E-state index contributed by atoms with van der Waals surface area (Å²) in [4.78, 5) is 34.9. The molecule has 1 unspecified atom stereocenters. The number of alkyl halides is 1. The van der Waals surface area contributed by atoms with Crippen LogP contribution in [0.25, 0.3) is 11.2 Å². The van der Waals surface area contributed by atoms with Crippen LogP contribution < -0.4 is 15.6 Å². The number of carbonyl (C=O) groups is 1. The molecule has 0 saturated carbocycles. The van der Waals surface area contributed by atoms with Crippen LogP contribution in [0, 0.1) is 0 Å². The van der Waals surface area contributed by atoms with Crippen molar-refractivity contribution in [2.45, 2.75) is 50.9 Å². The summed E-state index contributed by atoms with van der Waals surface area (Å²) >= 11 is 0. The summed E-state index contributed by atoms with van der Waals surface area (Å²) in [5.41, 5.74) is 4.17. The van der Waals surface area contributed by atoms with E-state index in [-0.39, 0.29) is 24.1 Å². The van der Waals surface area contributed by atoms with E-state index in [4.69, 9.17) is 24.3 Å². The molecule has 0 spiro atoms. The molecule has 15 heteroatoms. The van der Waals surface area contributed by atoms with Gasteiger partial charge in [0.15, 0.2) is 0 Å². The van der Waals surface area contributed by atoms with Crippen LogP contribution >= 0.6 is 8.09 Å². The molecule has 4 N–H and O–H groups in total. The van der Waals surface area contributed by atoms with Crippen molar-refractivity contribution in [3.05, 3.63) is 6.33 Å². The third-order valence-electron chi connectivity index (χ3n) is 5.30. The zero-order valence-corrected chi connectivity index (χ0v) is 18.9. The number of halogens is 1. The molecule has 2 fully saturated rings. The first-order valence-corrected chi connectivity index (χ1v) is 11.7. The van der Waals surface area contributed by atoms with Crippen LogP contribution in [0.2, 0.25) is 0 Å². The van der Waals surface area contributed by atoms with Gasteiger partial charge in [0.1, 0.15) is 0 Å². The van der Waals surface area contributed by atoms with Crippen molar-refractivity contribution >= 4 is 31.2 Å². The third kappa shape index (κ3) is 3.87. The average Bonchev–Trinajstić information content (AvgIpc) is 3.25. The number of methoxy groups -OCH3 is 1. The van der Waals surface area contributed by atoms with E-state index in [1.807, 2.05) is 0 Å². The standard InChI is InChI=1S/C17H26FN6O7P/c1-5-28-13-10-12(21-16(19)22-13)24(7-20-10)15-17(3,18)11-9(30-15)6-29-32(26,31-11)23-8(2)14(25)27-4/h7-9,11,15,23,26,32H,5-6H2,1-4H3,(H2,19,21,22)/t8?,9-,11-,15-,17-/m1/s1. The molecule has 4 heterocycles. The van der Waals surface area contributed by atoms with Crippen LogP contribution in [0.3, 0.4) is 0 Å². The fourth-order valence-electron chi connectivity index (χ4n) is 3.83. The number of nitrogen functional groups attached to an aromatic ring is 1. The van der Waals surface area contributed by atoms with Crippen molar-refractivity contribution in [2.24, 2.45) is 0 Å². The van der Waals surface area contributed by atoms with E-state index in [0.717, 1.165) is 0 Å². The van der Waals surface area contributed by atoms with Crippen LogP contribution in [0.4, 0.5) is 10.3 Å². The second-order valence-corrected chi connectivity index (χ2v) is 9.62. The predicted molar refractivity (Wildman–Crippen MR) is 110 cm³/mol. The number of anilines is 1. The van der Waals surface area contributed by atoms with Crippen molar-refractivity contribution in [1.82, 2.24) is 24.6 Å². The fraction of sp³-hybridized carbons (Fsp3) is 0.647. The third-order valence-corrected chi connectivity index (χ3v) is 7.23. The number of hydrogen-bond acceptors (Lipinski definition) is 12. The zero-order chi connectivity index (χ0) is 23.3. The number of imidazole rings is 1. The molecule has 0 radical (unpaired) electrons. The zero-order valence-electron chi connectivity index (χ0n) is 17.9. The molecule has 5 atom stereocenters. The summed E-state index contributed by atoms with van der Waals surface area (Å²) in [6.07, 6.45) is -1.90. The molecule has 32 heavy (non-hydrogen) atoms. The molecule has 0 amide bonds. The minimum absolute atomic E-state index is 0.0685. The van der Waals surface area contributed by atoms with E-state index in [1.54, 1.807) is 6.92 Å². The molecular formula is C17H26FN6O7P. The number of aromatic nitrogens is 4. The van der Waals surface area contributed by atoms with E-state index < -0.39 is 44.2 Å². The van der Waals surface area contributed by atoms with Gasteiger partial charge in [0.25, 0.3) is 0 Å². The number of nitrogens with one attached hydrogen (secondary N) is 1. The molecule has 2 aliphatic heterocycles. The summed E-state index contributed by atoms with van der Waals surface area (Å²) in [5, 5.41) is 2.58. The molecule has 2 aromatic rings. The Morgan fingerprint density at radius 1 is 1.56 bits per heavy atom. The molecule has 178 valence electrons. The van der Waals surface area contributed by atoms with Crippen LogP contribution in [0.15, 0.2) is 6.33 Å². The van der Waals surface area contributed by atoms with E-state index in [0.29, 0.717) is 12.1 Å². The van der Waals surface area contributed by atoms with Gasteiger partial charge in [-0.2, -0.15) is 0 Å². The average molecular weight is 476 g/mol. The van der Waals surface area contributed by atoms with E-state index >= 15 is 4.39 Å². The number of hydrogen-bond donors (Lipinski definition) is 3. The molecule has 0 aromatic carbocycles. The van der Waals surface area contributed by atoms with E-state index in [9.17, 15) is 9.69 Å². The van der Waals surface area contributed by atoms with Crippen molar-refractivity contribution < 1.29 is 37.3 Å². The van der Waals surface area contributed by atoms with Crippen molar-refractivity contribution in [2.75, 3.05) is 26.1 Å². The Balaban J connectivity index is 1.63. The number of rotatable bonds is 6. The summed E-state index contributed by atoms with van der Waals surface area (Å²) < 4.78 is 44.5. The Hall–Kier alpha value is -2.22. The maximum atomic E-state index is 16.1. The van der Waals surface area contributed by atoms with Crippen LogP contribution in [0.1, 0.15) is 27.0 Å². The van der Waals surface area contributed by atoms with E-state index in [1.165, 1.54) is 31.9 Å². The predicted octanol–water partition coefficient (Wildman–Crippen LogP) is 0.401. The van der Waals surface area contributed by atoms with Gasteiger partial charge >= 0.3 is 182 Å². The van der Waals surface area contributed by atoms with Gasteiger partial charge in [0.2, 0.25) is 0 Å². The second kappa shape index (κ2) is 8.28. The molecule has 0 bridgehead atoms. The molecule has 2 saturated heterocycles. The van der Waals surface area contributed by atoms with Crippen molar-refractivity contribution in [3.8, 4) is 5.88 Å². The molecule has 13 nitrogen and oxygen atoms in total. The number of fused-ring (bicyclic) bond motifs is 2. The van der Waals surface area contributed by atoms with Crippen LogP contribution in [-0.2, 0) is 23.3 Å². The van der Waals surface area contributed by atoms with Gasteiger partial charge in [-0.05, 0) is 0 Å². The van der Waals surface area contributed by atoms with Gasteiger partial charge in [0.05, 0.1) is 0 Å². The fourth-order valence-corrected chi connectivity index (χ4v) is 5.83. The number of nitrogens with two attached hydrogens (primary N) is 1. The Labute approximate surface area is 183 Å². The SMILES string of the molecule is CCOc1nc(N)nc2c1ncn2[C@@H]1O[C@@H]2CO[PH](O)(NC(C)C(=O)OC)O[C@H]2[C@@]1(C)F. The van der Waals surface area contributed by atoms with Gasteiger partial charge in [0, 0.05) is 0 Å². The number of ether oxygens (including phenoxy) is 3. The van der Waals surface area contributed by atoms with Crippen molar-refractivity contribution in [3.63, 3.8) is 0 Å². The maximum absolute atomic E-state index is 16.1. The summed E-state index contributed by atoms with van der Waals surface area (Å²) in [6.45, 7) is 4.71. The monoisotopic (exact) mass is 476 g/mol. The summed E-state index contributed by atoms with van der Waals surface area (Å²) in [5.74, 6) is -0.524. The van der Waals surface area contributed by atoms with Crippen molar-refractivity contribution in [1.29, 1.82) is 0 Å². The Bertz CT molecular complexity index is 1020. The minimum atomic E-state index is -4.11. The normalized spacial score (nSPS) is 31.1. The van der Waals surface area contributed by atoms with Gasteiger partial charge in [-0.25, -0.2) is 0 Å². The molecular weight excluding hydrogens is 450 g/mol. The Morgan fingerprint density at radius 2 is 2.31 bits per heavy atom. The van der Waals surface area contributed by atoms with Gasteiger partial charge in [-0.1, -0.05) is 0 Å². The Kier molecular flexibility index (Phi) is 5.94. The molecule has 2 aromatic heterocycles. The second-order valence-electron chi connectivity index (χ2n) is 7.64. The number of carbonyl (C=O) groups excluding carboxylic acids is 1. The molecule has 4 rings (SSSR count). The molecule has 0 aliphatic carbocycles. The first-order chi connectivity index (χ1) is 15.1. The first-order valence-electron chi connectivity index (χ1n) is 9.96.